The molecule has 0 aliphatic carbocycles. The first-order valence-corrected chi connectivity index (χ1v) is 11.5. The minimum Gasteiger partial charge on any atom is -0.503 e. The first-order valence-electron chi connectivity index (χ1n) is 11.5. The molecule has 1 fully saturated rings. The van der Waals surface area contributed by atoms with Gasteiger partial charge >= 0.3 is 41.9 Å². The fourth-order valence-corrected chi connectivity index (χ4v) is 4.48. The number of aromatic nitrogens is 1. The third-order valence-electron chi connectivity index (χ3n) is 6.39. The number of halogens is 1. The van der Waals surface area contributed by atoms with Gasteiger partial charge in [-0.25, -0.2) is 19.0 Å². The second-order valence-corrected chi connectivity index (χ2v) is 8.65. The molecule has 2 aliphatic heterocycles. The Morgan fingerprint density at radius 1 is 1.25 bits per heavy atom. The third kappa shape index (κ3) is 5.52. The number of aliphatic hydroxyl groups excluding tert-OH is 1. The smallest absolute Gasteiger partial charge is 0.503 e. The molecule has 3 amide bonds. The van der Waals surface area contributed by atoms with Crippen LogP contribution in [-0.2, 0) is 25.5 Å². The number of hydrogen-bond donors (Lipinski definition) is 2. The number of imide groups is 1. The molecule has 11 heteroatoms. The van der Waals surface area contributed by atoms with Crippen LogP contribution >= 0.6 is 0 Å². The van der Waals surface area contributed by atoms with Crippen molar-refractivity contribution in [2.24, 2.45) is 0 Å². The van der Waals surface area contributed by atoms with E-state index >= 15 is 0 Å². The largest absolute Gasteiger partial charge is 1.00 e. The molecule has 1 saturated heterocycles. The van der Waals surface area contributed by atoms with Crippen molar-refractivity contribution >= 4 is 29.7 Å². The Balaban J connectivity index is 0.00000361. The van der Waals surface area contributed by atoms with Gasteiger partial charge in [0.2, 0.25) is 5.91 Å². The van der Waals surface area contributed by atoms with Crippen molar-refractivity contribution in [1.82, 2.24) is 19.7 Å². The second kappa shape index (κ2) is 12.1. The monoisotopic (exact) mass is 506 g/mol. The van der Waals surface area contributed by atoms with E-state index in [0.29, 0.717) is 31.4 Å². The Morgan fingerprint density at radius 2 is 2.00 bits per heavy atom. The van der Waals surface area contributed by atoms with Crippen LogP contribution in [0.2, 0.25) is 0 Å². The summed E-state index contributed by atoms with van der Waals surface area (Å²) in [6.07, 6.45) is 3.67. The number of rotatable bonds is 10. The molecule has 4 rings (SSSR count). The minimum absolute atomic E-state index is 0. The van der Waals surface area contributed by atoms with Crippen molar-refractivity contribution in [2.75, 3.05) is 39.9 Å². The number of fused-ring (bicyclic) bond motifs is 1. The number of amides is 3. The standard InChI is InChI=1S/C25H27FN4O5.Na/c1-35-12-8-27-23-24(33)22-20(14-18(15-28-22)13-17-4-6-19(26)7-5-17)30(16-31,25(23)34)11-10-29-9-2-3-21(29)32;/h4-7,14-16H,2-3,8-13H2,1H3,(H-,27,28,33,34);/q;+1/p+1. The van der Waals surface area contributed by atoms with E-state index in [-0.39, 0.29) is 90.4 Å². The molecule has 0 radical (unpaired) electrons. The molecule has 1 atom stereocenters. The quantitative estimate of drug-likeness (QED) is 0.182. The summed E-state index contributed by atoms with van der Waals surface area (Å²) in [4.78, 5) is 44.6. The molecular weight excluding hydrogens is 478 g/mol. The van der Waals surface area contributed by atoms with E-state index in [9.17, 15) is 23.9 Å². The number of hydrogen-bond acceptors (Lipinski definition) is 7. The number of pyridine rings is 1. The van der Waals surface area contributed by atoms with E-state index in [4.69, 9.17) is 4.74 Å². The van der Waals surface area contributed by atoms with Gasteiger partial charge < -0.3 is 20.1 Å². The summed E-state index contributed by atoms with van der Waals surface area (Å²) in [5.74, 6) is -1.34. The number of nitrogens with one attached hydrogen (secondary N) is 1. The van der Waals surface area contributed by atoms with Crippen LogP contribution in [0.4, 0.5) is 10.1 Å². The average Bonchev–Trinajstić information content (AvgIpc) is 3.27. The number of quaternary nitrogens is 1. The molecular formula is C25H28FN4NaO5+2. The van der Waals surface area contributed by atoms with Crippen LogP contribution in [0.15, 0.2) is 42.2 Å². The predicted molar refractivity (Wildman–Crippen MR) is 126 cm³/mol. The van der Waals surface area contributed by atoms with Crippen LogP contribution < -0.4 is 39.4 Å². The number of nitrogens with zero attached hydrogens (tertiary/aromatic N) is 3. The van der Waals surface area contributed by atoms with E-state index in [1.165, 1.54) is 19.2 Å². The Kier molecular flexibility index (Phi) is 9.37. The predicted octanol–water partition coefficient (Wildman–Crippen LogP) is -1.10. The molecule has 0 saturated carbocycles. The van der Waals surface area contributed by atoms with Gasteiger partial charge in [0.05, 0.1) is 13.2 Å². The van der Waals surface area contributed by atoms with Crippen LogP contribution in [-0.4, -0.2) is 73.1 Å². The first kappa shape index (κ1) is 27.9. The summed E-state index contributed by atoms with van der Waals surface area (Å²) in [5.41, 5.74) is 1.75. The van der Waals surface area contributed by atoms with Gasteiger partial charge in [0.1, 0.15) is 12.4 Å². The van der Waals surface area contributed by atoms with E-state index in [1.807, 2.05) is 0 Å². The van der Waals surface area contributed by atoms with E-state index in [1.54, 1.807) is 29.3 Å². The molecule has 184 valence electrons. The van der Waals surface area contributed by atoms with Crippen molar-refractivity contribution in [2.45, 2.75) is 19.3 Å². The van der Waals surface area contributed by atoms with Crippen molar-refractivity contribution in [3.8, 4) is 0 Å². The fourth-order valence-electron chi connectivity index (χ4n) is 4.48. The van der Waals surface area contributed by atoms with Gasteiger partial charge in [0, 0.05) is 38.9 Å². The molecule has 2 aromatic rings. The summed E-state index contributed by atoms with van der Waals surface area (Å²) >= 11 is 0. The van der Waals surface area contributed by atoms with Gasteiger partial charge in [-0.2, -0.15) is 4.48 Å². The Labute approximate surface area is 230 Å². The van der Waals surface area contributed by atoms with Gasteiger partial charge in [-0.05, 0) is 36.1 Å². The zero-order chi connectivity index (χ0) is 25.0. The summed E-state index contributed by atoms with van der Waals surface area (Å²) < 4.78 is 17.6. The van der Waals surface area contributed by atoms with E-state index in [2.05, 4.69) is 10.3 Å². The van der Waals surface area contributed by atoms with Crippen LogP contribution in [0.25, 0.3) is 5.76 Å². The molecule has 2 aliphatic rings. The number of ether oxygens (including phenoxy) is 1. The van der Waals surface area contributed by atoms with Crippen molar-refractivity contribution in [1.29, 1.82) is 0 Å². The van der Waals surface area contributed by atoms with Crippen molar-refractivity contribution in [3.63, 3.8) is 0 Å². The van der Waals surface area contributed by atoms with Gasteiger partial charge in [0.15, 0.2) is 22.8 Å². The van der Waals surface area contributed by atoms with Crippen LogP contribution in [0.1, 0.15) is 29.7 Å². The average molecular weight is 507 g/mol. The van der Waals surface area contributed by atoms with Gasteiger partial charge in [-0.15, -0.1) is 0 Å². The first-order chi connectivity index (χ1) is 16.9. The topological polar surface area (TPSA) is 109 Å². The molecule has 36 heavy (non-hydrogen) atoms. The molecule has 0 bridgehead atoms. The zero-order valence-corrected chi connectivity index (χ0v) is 22.5. The van der Waals surface area contributed by atoms with E-state index in [0.717, 1.165) is 12.0 Å². The number of aliphatic hydroxyl groups is 1. The molecule has 1 aromatic heterocycles. The molecule has 9 nitrogen and oxygen atoms in total. The number of methoxy groups -OCH3 is 1. The van der Waals surface area contributed by atoms with E-state index < -0.39 is 10.4 Å². The second-order valence-electron chi connectivity index (χ2n) is 8.65. The maximum Gasteiger partial charge on any atom is 1.00 e. The summed E-state index contributed by atoms with van der Waals surface area (Å²) in [7, 11) is 1.51. The number of likely N-dealkylation sites (tertiary alicyclic amines) is 1. The van der Waals surface area contributed by atoms with Crippen LogP contribution in [0.5, 0.6) is 0 Å². The Hall–Kier alpha value is -2.63. The minimum atomic E-state index is -0.747. The zero-order valence-electron chi connectivity index (χ0n) is 20.5. The SMILES string of the molecule is COCCNC1=C(O)c2ncc(Cc3ccc(F)cc3)cc2[N+](C=O)(CCN2CCCC2=O)C1=O.[Na+]. The summed E-state index contributed by atoms with van der Waals surface area (Å²) in [5, 5.41) is 13.8. The fraction of sp³-hybridized carbons (Fsp3) is 0.360. The molecule has 1 unspecified atom stereocenters. The van der Waals surface area contributed by atoms with Gasteiger partial charge in [-0.3, -0.25) is 4.79 Å². The normalized spacial score (nSPS) is 19.2. The maximum atomic E-state index is 13.7. The van der Waals surface area contributed by atoms with Gasteiger partial charge in [-0.1, -0.05) is 12.1 Å². The van der Waals surface area contributed by atoms with Gasteiger partial charge in [0.25, 0.3) is 0 Å². The number of benzene rings is 1. The summed E-state index contributed by atoms with van der Waals surface area (Å²) in [6.45, 7) is 1.30. The molecule has 3 heterocycles. The third-order valence-corrected chi connectivity index (χ3v) is 6.39. The Bertz CT molecular complexity index is 1170. The maximum absolute atomic E-state index is 13.7. The summed E-state index contributed by atoms with van der Waals surface area (Å²) in [6, 6.07) is 7.68. The van der Waals surface area contributed by atoms with Crippen molar-refractivity contribution in [3.05, 3.63) is 64.9 Å². The molecule has 1 aromatic carbocycles. The molecule has 2 N–H and O–H groups in total. The van der Waals surface area contributed by atoms with Crippen LogP contribution in [0.3, 0.4) is 0 Å². The van der Waals surface area contributed by atoms with Crippen LogP contribution in [0, 0.1) is 5.82 Å². The number of carbonyl (C=O) groups excluding carboxylic acids is 3. The Morgan fingerprint density at radius 3 is 2.64 bits per heavy atom. The number of carbonyl (C=O) groups is 3. The van der Waals surface area contributed by atoms with Crippen molar-refractivity contribution < 1.29 is 58.2 Å². The molecule has 0 spiro atoms.